The third-order valence-electron chi connectivity index (χ3n) is 0.799. The van der Waals surface area contributed by atoms with Crippen LogP contribution in [0.4, 0.5) is 0 Å². The van der Waals surface area contributed by atoms with Gasteiger partial charge in [-0.15, -0.1) is 11.6 Å². The van der Waals surface area contributed by atoms with Crippen LogP contribution in [-0.4, -0.2) is 14.9 Å². The molecule has 0 saturated heterocycles. The zero-order valence-corrected chi connectivity index (χ0v) is 9.21. The summed E-state index contributed by atoms with van der Waals surface area (Å²) in [4.78, 5) is 0. The minimum Gasteiger partial charge on any atom is -0.181 e. The third-order valence-corrected chi connectivity index (χ3v) is 1.65. The zero-order chi connectivity index (χ0) is 7.28. The molecular formula is C5H7Cl3Si. The van der Waals surface area contributed by atoms with Crippen molar-refractivity contribution in [2.45, 2.75) is 5.38 Å². The molecule has 0 fully saturated rings. The quantitative estimate of drug-likeness (QED) is 0.319. The molecule has 1 aliphatic carbocycles. The Bertz CT molecular complexity index is 130. The van der Waals surface area contributed by atoms with Gasteiger partial charge < -0.3 is 0 Å². The van der Waals surface area contributed by atoms with Crippen molar-refractivity contribution >= 4 is 43.8 Å². The number of hydrogen-bond acceptors (Lipinski definition) is 0. The van der Waals surface area contributed by atoms with E-state index in [1.807, 2.05) is 12.2 Å². The number of allylic oxidation sites excluding steroid dienone is 4. The van der Waals surface area contributed by atoms with Crippen LogP contribution in [0.15, 0.2) is 23.3 Å². The highest BCUT2D eigenvalue weighted by Gasteiger charge is 2.06. The van der Waals surface area contributed by atoms with Crippen molar-refractivity contribution in [2.75, 3.05) is 0 Å². The molecule has 0 aromatic heterocycles. The molecule has 0 nitrogen and oxygen atoms in total. The summed E-state index contributed by atoms with van der Waals surface area (Å²) in [7, 11) is 0.778. The normalized spacial score (nSPS) is 23.0. The second-order valence-electron chi connectivity index (χ2n) is 1.34. The van der Waals surface area contributed by atoms with E-state index in [1.54, 1.807) is 6.08 Å². The van der Waals surface area contributed by atoms with Gasteiger partial charge in [0.1, 0.15) is 9.55 Å². The van der Waals surface area contributed by atoms with Gasteiger partial charge in [-0.3, -0.25) is 0 Å². The average Bonchev–Trinajstić information content (AvgIpc) is 2.23. The first-order valence-electron chi connectivity index (χ1n) is 2.36. The lowest BCUT2D eigenvalue weighted by molar-refractivity contribution is 1.41. The van der Waals surface area contributed by atoms with Crippen molar-refractivity contribution in [1.82, 2.24) is 0 Å². The van der Waals surface area contributed by atoms with Crippen LogP contribution in [0, 0.1) is 0 Å². The fourth-order valence-electron chi connectivity index (χ4n) is 0.429. The molecule has 0 amide bonds. The predicted octanol–water partition coefficient (Wildman–Crippen LogP) is 1.79. The van der Waals surface area contributed by atoms with Crippen LogP contribution in [0.5, 0.6) is 0 Å². The highest BCUT2D eigenvalue weighted by Crippen LogP contribution is 2.20. The second-order valence-corrected chi connectivity index (χ2v) is 2.24. The Morgan fingerprint density at radius 1 is 1.44 bits per heavy atom. The molecule has 0 aliphatic heterocycles. The third kappa shape index (κ3) is 3.31. The Kier molecular flexibility index (Phi) is 5.70. The van der Waals surface area contributed by atoms with Crippen LogP contribution < -0.4 is 0 Å². The molecule has 0 saturated carbocycles. The topological polar surface area (TPSA) is 0 Å². The molecule has 0 spiro atoms. The van der Waals surface area contributed by atoms with Gasteiger partial charge in [0.15, 0.2) is 0 Å². The van der Waals surface area contributed by atoms with Gasteiger partial charge in [-0.1, -0.05) is 23.8 Å². The smallest absolute Gasteiger partial charge is 0.109 e. The van der Waals surface area contributed by atoms with E-state index < -0.39 is 0 Å². The van der Waals surface area contributed by atoms with E-state index in [0.29, 0.717) is 5.03 Å². The van der Waals surface area contributed by atoms with Crippen LogP contribution in [0.25, 0.3) is 0 Å². The van der Waals surface area contributed by atoms with Gasteiger partial charge in [-0.05, 0) is 6.08 Å². The molecule has 0 aromatic carbocycles. The van der Waals surface area contributed by atoms with Gasteiger partial charge in [-0.2, -0.15) is 11.1 Å². The minimum atomic E-state index is -0.0679. The standard InChI is InChI=1S/C5H4Cl2.ClH3Si/c6-4-2-1-3-5(4)7;1-2/h1-4H;2H3. The first-order valence-corrected chi connectivity index (χ1v) is 6.20. The van der Waals surface area contributed by atoms with Crippen molar-refractivity contribution < 1.29 is 0 Å². The van der Waals surface area contributed by atoms with Gasteiger partial charge in [0.25, 0.3) is 0 Å². The monoisotopic (exact) mass is 200 g/mol. The van der Waals surface area contributed by atoms with Gasteiger partial charge >= 0.3 is 0 Å². The highest BCUT2D eigenvalue weighted by molar-refractivity contribution is 6.80. The predicted molar refractivity (Wildman–Crippen MR) is 48.5 cm³/mol. The van der Waals surface area contributed by atoms with Crippen LogP contribution in [0.1, 0.15) is 0 Å². The first-order chi connectivity index (χ1) is 4.30. The molecule has 0 N–H and O–H groups in total. The molecule has 0 bridgehead atoms. The molecular weight excluding hydrogens is 194 g/mol. The van der Waals surface area contributed by atoms with E-state index in [0.717, 1.165) is 9.55 Å². The Morgan fingerprint density at radius 3 is 2.11 bits per heavy atom. The maximum absolute atomic E-state index is 5.58. The summed E-state index contributed by atoms with van der Waals surface area (Å²) in [5.74, 6) is 0. The van der Waals surface area contributed by atoms with Crippen molar-refractivity contribution in [3.63, 3.8) is 0 Å². The summed E-state index contributed by atoms with van der Waals surface area (Å²) >= 11 is 15.9. The van der Waals surface area contributed by atoms with Gasteiger partial charge in [0.05, 0.1) is 5.38 Å². The molecule has 4 heteroatoms. The van der Waals surface area contributed by atoms with Crippen molar-refractivity contribution in [3.05, 3.63) is 23.3 Å². The number of alkyl halides is 1. The summed E-state index contributed by atoms with van der Waals surface area (Å²) in [5.41, 5.74) is 0. The SMILES string of the molecule is ClC1=CC=CC1Cl.[SiH3]Cl. The van der Waals surface area contributed by atoms with E-state index in [2.05, 4.69) is 0 Å². The molecule has 1 aliphatic rings. The largest absolute Gasteiger partial charge is 0.181 e. The Hall–Kier alpha value is 0.567. The molecule has 0 radical (unpaired) electrons. The molecule has 1 atom stereocenters. The number of rotatable bonds is 0. The molecule has 52 valence electrons. The number of hydrogen-bond donors (Lipinski definition) is 0. The van der Waals surface area contributed by atoms with Gasteiger partial charge in [-0.25, -0.2) is 0 Å². The maximum atomic E-state index is 5.58. The lowest BCUT2D eigenvalue weighted by Crippen LogP contribution is -1.84. The van der Waals surface area contributed by atoms with Gasteiger partial charge in [0, 0.05) is 5.03 Å². The molecule has 0 aromatic rings. The molecule has 0 heterocycles. The Morgan fingerprint density at radius 2 is 2.00 bits per heavy atom. The maximum Gasteiger partial charge on any atom is 0.109 e. The van der Waals surface area contributed by atoms with E-state index in [-0.39, 0.29) is 5.38 Å². The van der Waals surface area contributed by atoms with Crippen molar-refractivity contribution in [2.24, 2.45) is 0 Å². The van der Waals surface area contributed by atoms with Gasteiger partial charge in [0.2, 0.25) is 0 Å². The summed E-state index contributed by atoms with van der Waals surface area (Å²) in [6.45, 7) is 0. The average molecular weight is 202 g/mol. The fraction of sp³-hybridized carbons (Fsp3) is 0.200. The van der Waals surface area contributed by atoms with Crippen LogP contribution in [0.2, 0.25) is 0 Å². The second kappa shape index (κ2) is 5.36. The highest BCUT2D eigenvalue weighted by atomic mass is 35.6. The number of halogens is 3. The van der Waals surface area contributed by atoms with Crippen molar-refractivity contribution in [3.8, 4) is 0 Å². The summed E-state index contributed by atoms with van der Waals surface area (Å²) < 4.78 is 0. The fourth-order valence-corrected chi connectivity index (χ4v) is 0.731. The zero-order valence-electron chi connectivity index (χ0n) is 4.94. The van der Waals surface area contributed by atoms with E-state index in [4.69, 9.17) is 34.3 Å². The summed E-state index contributed by atoms with van der Waals surface area (Å²) in [5, 5.41) is 0.642. The van der Waals surface area contributed by atoms with Crippen molar-refractivity contribution in [1.29, 1.82) is 0 Å². The van der Waals surface area contributed by atoms with E-state index in [1.165, 1.54) is 0 Å². The molecule has 9 heavy (non-hydrogen) atoms. The minimum absolute atomic E-state index is 0.0679. The molecule has 1 unspecified atom stereocenters. The Labute approximate surface area is 72.6 Å². The lowest BCUT2D eigenvalue weighted by atomic mass is 10.5. The summed E-state index contributed by atoms with van der Waals surface area (Å²) in [6.07, 6.45) is 5.48. The lowest BCUT2D eigenvalue weighted by Gasteiger charge is -1.90. The van der Waals surface area contributed by atoms with Crippen LogP contribution >= 0.6 is 34.3 Å². The summed E-state index contributed by atoms with van der Waals surface area (Å²) in [6, 6.07) is 0. The Balaban J connectivity index is 0.000000291. The van der Waals surface area contributed by atoms with Crippen LogP contribution in [0.3, 0.4) is 0 Å². The van der Waals surface area contributed by atoms with E-state index >= 15 is 0 Å². The van der Waals surface area contributed by atoms with Crippen LogP contribution in [-0.2, 0) is 0 Å². The first kappa shape index (κ1) is 9.57. The molecule has 1 rings (SSSR count). The van der Waals surface area contributed by atoms with E-state index in [9.17, 15) is 0 Å².